The van der Waals surface area contributed by atoms with E-state index in [1.165, 1.54) is 0 Å². The molecule has 2 amide bonds. The van der Waals surface area contributed by atoms with Gasteiger partial charge in [0.05, 0.1) is 25.6 Å². The van der Waals surface area contributed by atoms with Crippen molar-refractivity contribution in [2.24, 2.45) is 11.5 Å². The smallest absolute Gasteiger partial charge is 0.240 e. The van der Waals surface area contributed by atoms with E-state index in [1.54, 1.807) is 4.90 Å². The highest BCUT2D eigenvalue weighted by Crippen LogP contribution is 2.36. The Balaban J connectivity index is 1.82. The van der Waals surface area contributed by atoms with E-state index in [4.69, 9.17) is 11.5 Å². The molecule has 0 radical (unpaired) electrons. The quantitative estimate of drug-likeness (QED) is 0.536. The minimum atomic E-state index is -0.791. The van der Waals surface area contributed by atoms with Crippen LogP contribution in [0.25, 0.3) is 0 Å². The Morgan fingerprint density at radius 3 is 2.69 bits per heavy atom. The van der Waals surface area contributed by atoms with Crippen LogP contribution in [0.2, 0.25) is 0 Å². The Morgan fingerprint density at radius 2 is 2.19 bits per heavy atom. The minimum Gasteiger partial charge on any atom is -0.370 e. The first kappa shape index (κ1) is 11.7. The third-order valence-corrected chi connectivity index (χ3v) is 4.23. The summed E-state index contributed by atoms with van der Waals surface area (Å²) in [7, 11) is 0. The van der Waals surface area contributed by atoms with E-state index in [0.29, 0.717) is 13.1 Å². The van der Waals surface area contributed by atoms with E-state index >= 15 is 0 Å². The van der Waals surface area contributed by atoms with Crippen molar-refractivity contribution in [3.05, 3.63) is 0 Å². The number of hydrogen-bond acceptors (Lipinski definition) is 5. The van der Waals surface area contributed by atoms with Gasteiger partial charge in [0, 0.05) is 12.3 Å². The van der Waals surface area contributed by atoms with Gasteiger partial charge in [-0.3, -0.25) is 14.9 Å². The van der Waals surface area contributed by atoms with Crippen molar-refractivity contribution in [3.63, 3.8) is 0 Å². The van der Waals surface area contributed by atoms with Gasteiger partial charge in [0.15, 0.2) is 0 Å². The first-order valence-corrected chi connectivity index (χ1v) is 6.23. The Bertz CT molecular complexity index is 309. The van der Waals surface area contributed by atoms with Gasteiger partial charge in [-0.25, -0.2) is 0 Å². The third-order valence-electron chi connectivity index (χ3n) is 2.87. The molecule has 2 fully saturated rings. The van der Waals surface area contributed by atoms with Crippen molar-refractivity contribution < 1.29 is 9.59 Å². The van der Waals surface area contributed by atoms with Gasteiger partial charge in [-0.2, -0.15) is 0 Å². The van der Waals surface area contributed by atoms with Crippen molar-refractivity contribution in [1.82, 2.24) is 10.2 Å². The molecule has 2 heterocycles. The second-order valence-electron chi connectivity index (χ2n) is 4.24. The van der Waals surface area contributed by atoms with E-state index < -0.39 is 11.9 Å². The summed E-state index contributed by atoms with van der Waals surface area (Å²) in [6.07, 6.45) is -0.0805. The van der Waals surface area contributed by atoms with Gasteiger partial charge in [0.1, 0.15) is 4.87 Å². The van der Waals surface area contributed by atoms with Crippen LogP contribution in [-0.4, -0.2) is 53.0 Å². The number of primary amides is 1. The van der Waals surface area contributed by atoms with Crippen LogP contribution in [0.15, 0.2) is 0 Å². The number of hydrogen-bond donors (Lipinski definition) is 3. The highest BCUT2D eigenvalue weighted by atomic mass is 32.2. The number of nitrogens with one attached hydrogen (secondary N) is 1. The molecule has 0 aromatic carbocycles. The van der Waals surface area contributed by atoms with Crippen molar-refractivity contribution in [1.29, 1.82) is 0 Å². The molecular formula is C9H16N4O2S. The average Bonchev–Trinajstić information content (AvgIpc) is 2.61. The summed E-state index contributed by atoms with van der Waals surface area (Å²) in [6, 6.07) is -0.791. The van der Waals surface area contributed by atoms with Crippen molar-refractivity contribution in [2.45, 2.75) is 17.3 Å². The lowest BCUT2D eigenvalue weighted by atomic mass is 10.1. The van der Waals surface area contributed by atoms with E-state index in [-0.39, 0.29) is 17.2 Å². The number of rotatable bonds is 3. The predicted octanol–water partition coefficient (Wildman–Crippen LogP) is -1.94. The lowest BCUT2D eigenvalue weighted by molar-refractivity contribution is -0.139. The molecule has 1 atom stereocenters. The average molecular weight is 244 g/mol. The second-order valence-corrected chi connectivity index (χ2v) is 5.72. The molecule has 2 saturated heterocycles. The molecule has 6 nitrogen and oxygen atoms in total. The molecule has 0 aromatic rings. The Hall–Kier alpha value is -0.790. The topological polar surface area (TPSA) is 101 Å². The molecular weight excluding hydrogens is 228 g/mol. The van der Waals surface area contributed by atoms with Gasteiger partial charge in [-0.15, -0.1) is 11.8 Å². The number of carbonyl (C=O) groups excluding carboxylic acids is 2. The monoisotopic (exact) mass is 244 g/mol. The molecule has 2 aliphatic rings. The lowest BCUT2D eigenvalue weighted by Crippen LogP contribution is -2.68. The summed E-state index contributed by atoms with van der Waals surface area (Å²) in [4.78, 5) is 24.1. The van der Waals surface area contributed by atoms with Gasteiger partial charge >= 0.3 is 0 Å². The third kappa shape index (κ3) is 2.16. The summed E-state index contributed by atoms with van der Waals surface area (Å²) in [5.41, 5.74) is 10.6. The summed E-state index contributed by atoms with van der Waals surface area (Å²) in [5, 5.41) is 3.37. The summed E-state index contributed by atoms with van der Waals surface area (Å²) >= 11 is 1.84. The fraction of sp³-hybridized carbons (Fsp3) is 0.778. The van der Waals surface area contributed by atoms with Crippen LogP contribution >= 0.6 is 11.8 Å². The molecule has 0 bridgehead atoms. The SMILES string of the molecule is NC(=O)C[C@H](N)C(=O)N1CC2(C1)NCCS2. The number of carbonyl (C=O) groups is 2. The van der Waals surface area contributed by atoms with E-state index in [9.17, 15) is 9.59 Å². The van der Waals surface area contributed by atoms with Crippen LogP contribution < -0.4 is 16.8 Å². The molecule has 1 spiro atoms. The normalized spacial score (nSPS) is 24.2. The standard InChI is InChI=1S/C9H16N4O2S/c10-6(3-7(11)14)8(15)13-4-9(5-13)12-1-2-16-9/h6,12H,1-5,10H2,(H2,11,14)/t6-/m0/s1. The second kappa shape index (κ2) is 4.23. The first-order chi connectivity index (χ1) is 7.52. The van der Waals surface area contributed by atoms with Gasteiger partial charge in [-0.05, 0) is 0 Å². The zero-order chi connectivity index (χ0) is 11.8. The molecule has 2 aliphatic heterocycles. The zero-order valence-corrected chi connectivity index (χ0v) is 9.76. The van der Waals surface area contributed by atoms with Crippen LogP contribution in [0.1, 0.15) is 6.42 Å². The molecule has 7 heteroatoms. The van der Waals surface area contributed by atoms with Crippen molar-refractivity contribution in [2.75, 3.05) is 25.4 Å². The van der Waals surface area contributed by atoms with Crippen LogP contribution in [0.3, 0.4) is 0 Å². The maximum atomic E-state index is 11.8. The van der Waals surface area contributed by atoms with Crippen LogP contribution in [-0.2, 0) is 9.59 Å². The highest BCUT2D eigenvalue weighted by Gasteiger charge is 2.48. The fourth-order valence-corrected chi connectivity index (χ4v) is 3.34. The van der Waals surface area contributed by atoms with Crippen molar-refractivity contribution in [3.8, 4) is 0 Å². The van der Waals surface area contributed by atoms with Gasteiger partial charge in [0.2, 0.25) is 11.8 Å². The van der Waals surface area contributed by atoms with Crippen molar-refractivity contribution >= 4 is 23.6 Å². The van der Waals surface area contributed by atoms with Crippen LogP contribution in [0.4, 0.5) is 0 Å². The van der Waals surface area contributed by atoms with Crippen LogP contribution in [0, 0.1) is 0 Å². The largest absolute Gasteiger partial charge is 0.370 e. The number of thioether (sulfide) groups is 1. The summed E-state index contributed by atoms with van der Waals surface area (Å²) < 4.78 is 0. The number of amides is 2. The summed E-state index contributed by atoms with van der Waals surface area (Å²) in [6.45, 7) is 2.33. The molecule has 0 aliphatic carbocycles. The fourth-order valence-electron chi connectivity index (χ4n) is 2.04. The molecule has 16 heavy (non-hydrogen) atoms. The van der Waals surface area contributed by atoms with Crippen LogP contribution in [0.5, 0.6) is 0 Å². The number of nitrogens with two attached hydrogens (primary N) is 2. The maximum Gasteiger partial charge on any atom is 0.240 e. The number of nitrogens with zero attached hydrogens (tertiary/aromatic N) is 1. The van der Waals surface area contributed by atoms with Gasteiger partial charge in [0.25, 0.3) is 0 Å². The maximum absolute atomic E-state index is 11.8. The molecule has 5 N–H and O–H groups in total. The molecule has 2 rings (SSSR count). The Kier molecular flexibility index (Phi) is 3.09. The molecule has 90 valence electrons. The lowest BCUT2D eigenvalue weighted by Gasteiger charge is -2.48. The highest BCUT2D eigenvalue weighted by molar-refractivity contribution is 8.01. The molecule has 0 unspecified atom stereocenters. The Labute approximate surface area is 98.1 Å². The predicted molar refractivity (Wildman–Crippen MR) is 61.6 cm³/mol. The number of likely N-dealkylation sites (tertiary alicyclic amines) is 1. The van der Waals surface area contributed by atoms with Gasteiger partial charge < -0.3 is 16.4 Å². The zero-order valence-electron chi connectivity index (χ0n) is 8.94. The molecule has 0 aromatic heterocycles. The molecule has 0 saturated carbocycles. The minimum absolute atomic E-state index is 0.0438. The Morgan fingerprint density at radius 1 is 1.50 bits per heavy atom. The van der Waals surface area contributed by atoms with E-state index in [2.05, 4.69) is 5.32 Å². The van der Waals surface area contributed by atoms with E-state index in [0.717, 1.165) is 12.3 Å². The van der Waals surface area contributed by atoms with Gasteiger partial charge in [-0.1, -0.05) is 0 Å². The van der Waals surface area contributed by atoms with E-state index in [1.807, 2.05) is 11.8 Å². The first-order valence-electron chi connectivity index (χ1n) is 5.24. The summed E-state index contributed by atoms with van der Waals surface area (Å²) in [5.74, 6) is 0.359.